The minimum absolute atomic E-state index is 0.113. The number of nitrogens with zero attached hydrogens (tertiary/aromatic N) is 2. The molecule has 0 aromatic heterocycles. The van der Waals surface area contributed by atoms with Gasteiger partial charge in [0.25, 0.3) is 0 Å². The Hall–Kier alpha value is -1.79. The lowest BCUT2D eigenvalue weighted by molar-refractivity contribution is 0.223. The van der Waals surface area contributed by atoms with Crippen molar-refractivity contribution in [1.82, 2.24) is 15.5 Å². The summed E-state index contributed by atoms with van der Waals surface area (Å²) in [6.45, 7) is 7.56. The number of urea groups is 2. The van der Waals surface area contributed by atoms with E-state index in [1.54, 1.807) is 21.0 Å². The van der Waals surface area contributed by atoms with E-state index >= 15 is 0 Å². The molecule has 0 heterocycles. The Morgan fingerprint density at radius 1 is 1.28 bits per heavy atom. The summed E-state index contributed by atoms with van der Waals surface area (Å²) < 4.78 is 5.08. The van der Waals surface area contributed by atoms with Gasteiger partial charge in [0.1, 0.15) is 0 Å². The van der Waals surface area contributed by atoms with Gasteiger partial charge in [0.05, 0.1) is 6.61 Å². The van der Waals surface area contributed by atoms with Crippen molar-refractivity contribution in [2.75, 3.05) is 20.7 Å². The number of carbonyl (C=O) groups is 2. The summed E-state index contributed by atoms with van der Waals surface area (Å²) in [5, 5.41) is 5.07. The quantitative estimate of drug-likeness (QED) is 0.547. The summed E-state index contributed by atoms with van der Waals surface area (Å²) in [5.41, 5.74) is -0.382. The maximum Gasteiger partial charge on any atom is 0.347 e. The first-order chi connectivity index (χ1) is 8.15. The van der Waals surface area contributed by atoms with Crippen LogP contribution in [0.5, 0.6) is 0 Å². The molecule has 0 rings (SSSR count). The molecule has 7 heteroatoms. The van der Waals surface area contributed by atoms with Crippen molar-refractivity contribution in [2.45, 2.75) is 33.2 Å². The first-order valence-electron chi connectivity index (χ1n) is 5.67. The zero-order valence-electron chi connectivity index (χ0n) is 11.8. The van der Waals surface area contributed by atoms with Gasteiger partial charge >= 0.3 is 18.1 Å². The molecule has 0 bridgehead atoms. The third-order valence-corrected chi connectivity index (χ3v) is 1.57. The van der Waals surface area contributed by atoms with E-state index in [0.29, 0.717) is 6.61 Å². The standard InChI is InChI=1S/C11H22N4O3/c1-7-18-9(13-10(17)15(5)6)12-8(16)14-11(2,3)4/h7H2,1-6H3,(H2,12,13,14,16,17). The van der Waals surface area contributed by atoms with E-state index in [4.69, 9.17) is 4.74 Å². The number of ether oxygens (including phenoxy) is 1. The average Bonchev–Trinajstić information content (AvgIpc) is 2.14. The number of aliphatic imine (C=N–C) groups is 1. The molecule has 0 spiro atoms. The highest BCUT2D eigenvalue weighted by Crippen LogP contribution is 1.97. The summed E-state index contributed by atoms with van der Waals surface area (Å²) >= 11 is 0. The number of hydrogen-bond acceptors (Lipinski definition) is 3. The van der Waals surface area contributed by atoms with Crippen molar-refractivity contribution in [3.05, 3.63) is 0 Å². The molecule has 0 atom stereocenters. The third-order valence-electron chi connectivity index (χ3n) is 1.57. The molecule has 7 nitrogen and oxygen atoms in total. The molecular formula is C11H22N4O3. The minimum Gasteiger partial charge on any atom is -0.465 e. The van der Waals surface area contributed by atoms with Gasteiger partial charge in [-0.2, -0.15) is 0 Å². The van der Waals surface area contributed by atoms with Gasteiger partial charge in [-0.05, 0) is 27.7 Å². The Balaban J connectivity index is 4.63. The molecule has 2 N–H and O–H groups in total. The van der Waals surface area contributed by atoms with E-state index < -0.39 is 12.1 Å². The zero-order valence-corrected chi connectivity index (χ0v) is 11.8. The molecule has 0 aromatic carbocycles. The van der Waals surface area contributed by atoms with E-state index in [1.807, 2.05) is 20.8 Å². The molecule has 18 heavy (non-hydrogen) atoms. The Labute approximate surface area is 108 Å². The largest absolute Gasteiger partial charge is 0.465 e. The van der Waals surface area contributed by atoms with Crippen molar-refractivity contribution in [1.29, 1.82) is 0 Å². The summed E-state index contributed by atoms with van der Waals surface area (Å²) in [7, 11) is 3.12. The molecule has 0 unspecified atom stereocenters. The summed E-state index contributed by atoms with van der Waals surface area (Å²) in [6.07, 6.45) is 0. The van der Waals surface area contributed by atoms with E-state index in [2.05, 4.69) is 15.6 Å². The Bertz CT molecular complexity index is 332. The maximum atomic E-state index is 11.6. The fourth-order valence-corrected chi connectivity index (χ4v) is 0.889. The lowest BCUT2D eigenvalue weighted by Gasteiger charge is -2.21. The number of amidine groups is 1. The molecule has 0 aromatic rings. The van der Waals surface area contributed by atoms with Crippen LogP contribution in [0.25, 0.3) is 0 Å². The minimum atomic E-state index is -0.505. The van der Waals surface area contributed by atoms with Crippen LogP contribution in [0.3, 0.4) is 0 Å². The van der Waals surface area contributed by atoms with Crippen LogP contribution < -0.4 is 10.6 Å². The molecule has 0 saturated carbocycles. The van der Waals surface area contributed by atoms with Crippen LogP contribution in [0, 0.1) is 0 Å². The molecule has 0 aliphatic heterocycles. The fraction of sp³-hybridized carbons (Fsp3) is 0.727. The fourth-order valence-electron chi connectivity index (χ4n) is 0.889. The van der Waals surface area contributed by atoms with Crippen LogP contribution in [0.15, 0.2) is 4.99 Å². The number of hydrogen-bond donors (Lipinski definition) is 2. The number of nitrogens with one attached hydrogen (secondary N) is 2. The predicted octanol–water partition coefficient (Wildman–Crippen LogP) is 1.16. The van der Waals surface area contributed by atoms with E-state index in [0.717, 1.165) is 0 Å². The normalized spacial score (nSPS) is 11.8. The molecule has 0 aliphatic rings. The highest BCUT2D eigenvalue weighted by atomic mass is 16.5. The van der Waals surface area contributed by atoms with E-state index in [-0.39, 0.29) is 11.6 Å². The van der Waals surface area contributed by atoms with Crippen molar-refractivity contribution in [3.63, 3.8) is 0 Å². The number of carbonyl (C=O) groups excluding carboxylic acids is 2. The van der Waals surface area contributed by atoms with Crippen LogP contribution in [0.4, 0.5) is 9.59 Å². The molecule has 4 amide bonds. The van der Waals surface area contributed by atoms with Crippen molar-refractivity contribution < 1.29 is 14.3 Å². The first kappa shape index (κ1) is 16.2. The highest BCUT2D eigenvalue weighted by Gasteiger charge is 2.16. The molecular weight excluding hydrogens is 236 g/mol. The predicted molar refractivity (Wildman–Crippen MR) is 69.6 cm³/mol. The van der Waals surface area contributed by atoms with Gasteiger partial charge in [-0.25, -0.2) is 9.59 Å². The molecule has 0 radical (unpaired) electrons. The van der Waals surface area contributed by atoms with Crippen LogP contribution in [-0.2, 0) is 4.74 Å². The van der Waals surface area contributed by atoms with Crippen LogP contribution >= 0.6 is 0 Å². The molecule has 0 fully saturated rings. The summed E-state index contributed by atoms with van der Waals surface area (Å²) in [5.74, 6) is 0. The van der Waals surface area contributed by atoms with Gasteiger partial charge in [-0.1, -0.05) is 0 Å². The Morgan fingerprint density at radius 3 is 2.22 bits per heavy atom. The molecule has 0 saturated heterocycles. The van der Waals surface area contributed by atoms with Gasteiger partial charge in [0.15, 0.2) is 0 Å². The maximum absolute atomic E-state index is 11.6. The van der Waals surface area contributed by atoms with Crippen LogP contribution in [0.1, 0.15) is 27.7 Å². The van der Waals surface area contributed by atoms with Gasteiger partial charge in [0.2, 0.25) is 0 Å². The second-order valence-corrected chi connectivity index (χ2v) is 4.86. The van der Waals surface area contributed by atoms with Gasteiger partial charge in [0, 0.05) is 19.6 Å². The van der Waals surface area contributed by atoms with E-state index in [9.17, 15) is 9.59 Å². The van der Waals surface area contributed by atoms with Crippen molar-refractivity contribution in [3.8, 4) is 0 Å². The Kier molecular flexibility index (Phi) is 6.15. The average molecular weight is 258 g/mol. The van der Waals surface area contributed by atoms with E-state index in [1.165, 1.54) is 4.90 Å². The van der Waals surface area contributed by atoms with Gasteiger partial charge in [-0.15, -0.1) is 4.99 Å². The monoisotopic (exact) mass is 258 g/mol. The number of amides is 4. The lowest BCUT2D eigenvalue weighted by Crippen LogP contribution is -2.49. The Morgan fingerprint density at radius 2 is 1.83 bits per heavy atom. The SMILES string of the molecule is CCOC(=NC(=O)N(C)C)NC(=O)NC(C)(C)C. The lowest BCUT2D eigenvalue weighted by atomic mass is 10.1. The van der Waals surface area contributed by atoms with Crippen molar-refractivity contribution >= 4 is 18.1 Å². The zero-order chi connectivity index (χ0) is 14.3. The summed E-state index contributed by atoms with van der Waals surface area (Å²) in [6, 6.07) is -1.09. The van der Waals surface area contributed by atoms with Crippen molar-refractivity contribution in [2.24, 2.45) is 4.99 Å². The van der Waals surface area contributed by atoms with Gasteiger partial charge < -0.3 is 15.0 Å². The second-order valence-electron chi connectivity index (χ2n) is 4.86. The number of rotatable bonds is 1. The molecule has 0 aliphatic carbocycles. The highest BCUT2D eigenvalue weighted by molar-refractivity contribution is 5.98. The third kappa shape index (κ3) is 7.48. The smallest absolute Gasteiger partial charge is 0.347 e. The van der Waals surface area contributed by atoms with Crippen LogP contribution in [0.2, 0.25) is 0 Å². The molecule has 104 valence electrons. The second kappa shape index (κ2) is 6.83. The summed E-state index contributed by atoms with van der Waals surface area (Å²) in [4.78, 5) is 27.9. The topological polar surface area (TPSA) is 83.0 Å². The van der Waals surface area contributed by atoms with Gasteiger partial charge in [-0.3, -0.25) is 5.32 Å². The first-order valence-corrected chi connectivity index (χ1v) is 5.67. The van der Waals surface area contributed by atoms with Crippen LogP contribution in [-0.4, -0.2) is 49.2 Å².